The highest BCUT2D eigenvalue weighted by Crippen LogP contribution is 2.25. The van der Waals surface area contributed by atoms with Crippen LogP contribution in [0.2, 0.25) is 0 Å². The van der Waals surface area contributed by atoms with Crippen LogP contribution in [0.15, 0.2) is 79.4 Å². The summed E-state index contributed by atoms with van der Waals surface area (Å²) in [7, 11) is 0. The fourth-order valence-corrected chi connectivity index (χ4v) is 2.07. The lowest BCUT2D eigenvalue weighted by atomic mass is 10.1. The molecule has 1 aromatic carbocycles. The van der Waals surface area contributed by atoms with Gasteiger partial charge in [-0.3, -0.25) is 19.7 Å². The Morgan fingerprint density at radius 2 is 1.33 bits per heavy atom. The van der Waals surface area contributed by atoms with Gasteiger partial charge in [0, 0.05) is 18.0 Å². The summed E-state index contributed by atoms with van der Waals surface area (Å²) in [6.07, 6.45) is 6.68. The highest BCUT2D eigenvalue weighted by molar-refractivity contribution is 6.10. The molecule has 1 amide bonds. The van der Waals surface area contributed by atoms with Gasteiger partial charge in [-0.15, -0.1) is 0 Å². The Hall–Kier alpha value is -3.01. The first kappa shape index (κ1) is 13.0. The van der Waals surface area contributed by atoms with Crippen LogP contribution < -0.4 is 4.90 Å². The number of anilines is 2. The van der Waals surface area contributed by atoms with E-state index in [1.807, 2.05) is 30.3 Å². The fourth-order valence-electron chi connectivity index (χ4n) is 2.07. The largest absolute Gasteiger partial charge is 0.274 e. The molecular formula is C17H13N3O. The van der Waals surface area contributed by atoms with Crippen LogP contribution in [0.1, 0.15) is 10.4 Å². The second kappa shape index (κ2) is 5.96. The zero-order valence-electron chi connectivity index (χ0n) is 11.3. The molecule has 0 radical (unpaired) electrons. The van der Waals surface area contributed by atoms with Crippen LogP contribution in [-0.2, 0) is 0 Å². The summed E-state index contributed by atoms with van der Waals surface area (Å²) >= 11 is 0. The summed E-state index contributed by atoms with van der Waals surface area (Å²) in [5, 5.41) is 0. The molecule has 0 aliphatic heterocycles. The summed E-state index contributed by atoms with van der Waals surface area (Å²) in [5.74, 6) is -0.114. The molecule has 0 fully saturated rings. The Balaban J connectivity index is 2.07. The van der Waals surface area contributed by atoms with Gasteiger partial charge in [-0.25, -0.2) is 0 Å². The normalized spacial score (nSPS) is 10.1. The highest BCUT2D eigenvalue weighted by Gasteiger charge is 2.19. The molecule has 0 saturated heterocycles. The molecule has 0 aliphatic rings. The number of amides is 1. The first-order valence-corrected chi connectivity index (χ1v) is 6.56. The maximum absolute atomic E-state index is 12.8. The third kappa shape index (κ3) is 2.79. The standard InChI is InChI=1S/C17H13N3O/c21-17(14-6-2-1-3-7-14)20(15-8-4-10-18-12-15)16-9-5-11-19-13-16/h1-13H. The van der Waals surface area contributed by atoms with Gasteiger partial charge >= 0.3 is 0 Å². The molecule has 0 saturated carbocycles. The van der Waals surface area contributed by atoms with Gasteiger partial charge in [0.15, 0.2) is 0 Å². The van der Waals surface area contributed by atoms with Crippen molar-refractivity contribution in [2.75, 3.05) is 4.90 Å². The van der Waals surface area contributed by atoms with Crippen molar-refractivity contribution < 1.29 is 4.79 Å². The summed E-state index contributed by atoms with van der Waals surface area (Å²) in [5.41, 5.74) is 2.03. The van der Waals surface area contributed by atoms with Crippen molar-refractivity contribution >= 4 is 17.3 Å². The average Bonchev–Trinajstić information content (AvgIpc) is 2.58. The first-order valence-electron chi connectivity index (χ1n) is 6.56. The minimum absolute atomic E-state index is 0.114. The van der Waals surface area contributed by atoms with Gasteiger partial charge in [0.25, 0.3) is 5.91 Å². The molecule has 0 spiro atoms. The van der Waals surface area contributed by atoms with Crippen LogP contribution in [0.25, 0.3) is 0 Å². The van der Waals surface area contributed by atoms with Gasteiger partial charge in [0.05, 0.1) is 23.8 Å². The summed E-state index contributed by atoms with van der Waals surface area (Å²) in [4.78, 5) is 22.6. The van der Waals surface area contributed by atoms with E-state index in [4.69, 9.17) is 0 Å². The van der Waals surface area contributed by atoms with Crippen molar-refractivity contribution in [1.82, 2.24) is 9.97 Å². The van der Waals surface area contributed by atoms with Crippen molar-refractivity contribution in [3.63, 3.8) is 0 Å². The van der Waals surface area contributed by atoms with Crippen molar-refractivity contribution in [3.05, 3.63) is 84.9 Å². The molecule has 0 N–H and O–H groups in total. The van der Waals surface area contributed by atoms with E-state index in [0.29, 0.717) is 16.9 Å². The lowest BCUT2D eigenvalue weighted by Crippen LogP contribution is -2.26. The van der Waals surface area contributed by atoms with Crippen molar-refractivity contribution in [2.24, 2.45) is 0 Å². The van der Waals surface area contributed by atoms with Crippen LogP contribution >= 0.6 is 0 Å². The number of nitrogens with zero attached hydrogens (tertiary/aromatic N) is 3. The quantitative estimate of drug-likeness (QED) is 0.735. The molecular weight excluding hydrogens is 262 g/mol. The number of pyridine rings is 2. The molecule has 102 valence electrons. The van der Waals surface area contributed by atoms with Gasteiger partial charge in [0.2, 0.25) is 0 Å². The Bertz CT molecular complexity index is 675. The fraction of sp³-hybridized carbons (Fsp3) is 0. The Morgan fingerprint density at radius 1 is 0.762 bits per heavy atom. The van der Waals surface area contributed by atoms with E-state index in [1.54, 1.807) is 54.0 Å². The molecule has 4 heteroatoms. The predicted octanol–water partition coefficient (Wildman–Crippen LogP) is 3.46. The van der Waals surface area contributed by atoms with Crippen LogP contribution in [0.3, 0.4) is 0 Å². The van der Waals surface area contributed by atoms with E-state index in [9.17, 15) is 4.79 Å². The molecule has 3 aromatic rings. The molecule has 0 bridgehead atoms. The first-order chi connectivity index (χ1) is 10.4. The van der Waals surface area contributed by atoms with Gasteiger partial charge < -0.3 is 0 Å². The summed E-state index contributed by atoms with van der Waals surface area (Å²) < 4.78 is 0. The number of hydrogen-bond donors (Lipinski definition) is 0. The number of carbonyl (C=O) groups is 1. The van der Waals surface area contributed by atoms with Crippen LogP contribution in [-0.4, -0.2) is 15.9 Å². The molecule has 0 atom stereocenters. The van der Waals surface area contributed by atoms with E-state index in [1.165, 1.54) is 0 Å². The smallest absolute Gasteiger partial charge is 0.262 e. The molecule has 2 aromatic heterocycles. The number of hydrogen-bond acceptors (Lipinski definition) is 3. The van der Waals surface area contributed by atoms with Crippen LogP contribution in [0.4, 0.5) is 11.4 Å². The Morgan fingerprint density at radius 3 is 1.81 bits per heavy atom. The molecule has 3 rings (SSSR count). The minimum atomic E-state index is -0.114. The Kier molecular flexibility index (Phi) is 3.69. The van der Waals surface area contributed by atoms with Crippen LogP contribution in [0, 0.1) is 0 Å². The minimum Gasteiger partial charge on any atom is -0.274 e. The lowest BCUT2D eigenvalue weighted by molar-refractivity contribution is 0.0999. The average molecular weight is 275 g/mol. The van der Waals surface area contributed by atoms with E-state index in [-0.39, 0.29) is 5.91 Å². The topological polar surface area (TPSA) is 46.1 Å². The monoisotopic (exact) mass is 275 g/mol. The van der Waals surface area contributed by atoms with E-state index in [2.05, 4.69) is 9.97 Å². The third-order valence-electron chi connectivity index (χ3n) is 3.03. The lowest BCUT2D eigenvalue weighted by Gasteiger charge is -2.22. The van der Waals surface area contributed by atoms with Gasteiger partial charge in [-0.2, -0.15) is 0 Å². The Labute approximate surface area is 122 Å². The summed E-state index contributed by atoms with van der Waals surface area (Å²) in [6, 6.07) is 16.5. The molecule has 4 nitrogen and oxygen atoms in total. The van der Waals surface area contributed by atoms with Crippen molar-refractivity contribution in [1.29, 1.82) is 0 Å². The van der Waals surface area contributed by atoms with Crippen molar-refractivity contribution in [3.8, 4) is 0 Å². The SMILES string of the molecule is O=C(c1ccccc1)N(c1cccnc1)c1cccnc1. The van der Waals surface area contributed by atoms with Crippen molar-refractivity contribution in [2.45, 2.75) is 0 Å². The molecule has 2 heterocycles. The molecule has 0 aliphatic carbocycles. The van der Waals surface area contributed by atoms with E-state index >= 15 is 0 Å². The summed E-state index contributed by atoms with van der Waals surface area (Å²) in [6.45, 7) is 0. The zero-order valence-corrected chi connectivity index (χ0v) is 11.3. The number of carbonyl (C=O) groups excluding carboxylic acids is 1. The van der Waals surface area contributed by atoms with Crippen LogP contribution in [0.5, 0.6) is 0 Å². The second-order valence-electron chi connectivity index (χ2n) is 4.43. The number of aromatic nitrogens is 2. The number of rotatable bonds is 3. The van der Waals surface area contributed by atoms with Gasteiger partial charge in [-0.05, 0) is 36.4 Å². The zero-order chi connectivity index (χ0) is 14.5. The molecule has 0 unspecified atom stereocenters. The maximum Gasteiger partial charge on any atom is 0.262 e. The van der Waals surface area contributed by atoms with E-state index in [0.717, 1.165) is 0 Å². The van der Waals surface area contributed by atoms with Gasteiger partial charge in [0.1, 0.15) is 0 Å². The predicted molar refractivity (Wildman–Crippen MR) is 81.4 cm³/mol. The maximum atomic E-state index is 12.8. The highest BCUT2D eigenvalue weighted by atomic mass is 16.2. The second-order valence-corrected chi connectivity index (χ2v) is 4.43. The van der Waals surface area contributed by atoms with Gasteiger partial charge in [-0.1, -0.05) is 18.2 Å². The molecule has 21 heavy (non-hydrogen) atoms. The third-order valence-corrected chi connectivity index (χ3v) is 3.03. The number of benzene rings is 1. The van der Waals surface area contributed by atoms with E-state index < -0.39 is 0 Å².